The van der Waals surface area contributed by atoms with Crippen LogP contribution < -0.4 is 0 Å². The lowest BCUT2D eigenvalue weighted by Crippen LogP contribution is -2.19. The summed E-state index contributed by atoms with van der Waals surface area (Å²) in [5.41, 5.74) is -0.220. The van der Waals surface area contributed by atoms with Crippen molar-refractivity contribution in [1.82, 2.24) is 4.90 Å². The number of carbonyl (C=O) groups is 3. The van der Waals surface area contributed by atoms with Crippen LogP contribution in [0.3, 0.4) is 0 Å². The van der Waals surface area contributed by atoms with E-state index in [2.05, 4.69) is 16.1 Å². The molecule has 0 aromatic rings. The van der Waals surface area contributed by atoms with E-state index in [1.807, 2.05) is 0 Å². The Morgan fingerprint density at radius 1 is 1.14 bits per heavy atom. The lowest BCUT2D eigenvalue weighted by atomic mass is 10.2. The highest BCUT2D eigenvalue weighted by Crippen LogP contribution is 2.01. The largest absolute Gasteiger partial charge is 0.465 e. The van der Waals surface area contributed by atoms with Crippen molar-refractivity contribution < 1.29 is 28.6 Å². The van der Waals surface area contributed by atoms with Gasteiger partial charge in [-0.3, -0.25) is 0 Å². The van der Waals surface area contributed by atoms with Crippen LogP contribution in [-0.4, -0.2) is 57.2 Å². The third-order valence-corrected chi connectivity index (χ3v) is 2.27. The fraction of sp³-hybridized carbons (Fsp3) is 0.357. The second kappa shape index (κ2) is 10.2. The first-order valence-electron chi connectivity index (χ1n) is 6.00. The molecule has 0 N–H and O–H groups in total. The summed E-state index contributed by atoms with van der Waals surface area (Å²) >= 11 is 0. The van der Waals surface area contributed by atoms with Crippen LogP contribution in [0.4, 0.5) is 0 Å². The summed E-state index contributed by atoms with van der Waals surface area (Å²) in [7, 11) is 4.08. The van der Waals surface area contributed by atoms with Gasteiger partial charge in [0.2, 0.25) is 0 Å². The molecule has 0 aromatic heterocycles. The number of esters is 3. The number of rotatable bonds is 8. The van der Waals surface area contributed by atoms with Crippen LogP contribution in [0.5, 0.6) is 0 Å². The van der Waals surface area contributed by atoms with Crippen molar-refractivity contribution in [1.29, 1.82) is 0 Å². The van der Waals surface area contributed by atoms with E-state index in [0.29, 0.717) is 6.54 Å². The van der Waals surface area contributed by atoms with Crippen molar-refractivity contribution in [3.8, 4) is 0 Å². The van der Waals surface area contributed by atoms with Gasteiger partial charge in [0.25, 0.3) is 0 Å². The molecule has 0 fully saturated rings. The summed E-state index contributed by atoms with van der Waals surface area (Å²) in [6.45, 7) is 3.91. The van der Waals surface area contributed by atoms with E-state index in [4.69, 9.17) is 4.74 Å². The lowest BCUT2D eigenvalue weighted by Gasteiger charge is -2.12. The Morgan fingerprint density at radius 3 is 2.19 bits per heavy atom. The van der Waals surface area contributed by atoms with Crippen LogP contribution in [0.15, 0.2) is 36.6 Å². The van der Waals surface area contributed by atoms with Gasteiger partial charge in [-0.25, -0.2) is 14.4 Å². The number of methoxy groups -OCH3 is 2. The normalized spacial score (nSPS) is 9.67. The van der Waals surface area contributed by atoms with Crippen LogP contribution in [0, 0.1) is 0 Å². The van der Waals surface area contributed by atoms with Gasteiger partial charge >= 0.3 is 17.9 Å². The Balaban J connectivity index is 4.51. The van der Waals surface area contributed by atoms with Crippen molar-refractivity contribution in [2.75, 3.05) is 34.4 Å². The molecule has 0 aromatic carbocycles. The second-order valence-electron chi connectivity index (χ2n) is 3.76. The van der Waals surface area contributed by atoms with Gasteiger partial charge < -0.3 is 19.1 Å². The zero-order valence-corrected chi connectivity index (χ0v) is 12.3. The zero-order chi connectivity index (χ0) is 16.3. The summed E-state index contributed by atoms with van der Waals surface area (Å²) < 4.78 is 13.8. The molecule has 0 saturated carbocycles. The Bertz CT molecular complexity index is 434. The van der Waals surface area contributed by atoms with Crippen LogP contribution in [0.1, 0.15) is 0 Å². The highest BCUT2D eigenvalue weighted by Gasteiger charge is 2.18. The highest BCUT2D eigenvalue weighted by molar-refractivity contribution is 6.14. The standard InChI is InChI=1S/C14H19NO6/c1-5-12(16)21-10-9-15(2)8-6-7-11(13(17)19-3)14(18)20-4/h5-8H,1,9-10H2,2-4H3. The summed E-state index contributed by atoms with van der Waals surface area (Å²) in [5, 5.41) is 0. The van der Waals surface area contributed by atoms with E-state index in [0.717, 1.165) is 6.08 Å². The van der Waals surface area contributed by atoms with Gasteiger partial charge in [0.1, 0.15) is 12.2 Å². The Kier molecular flexibility index (Phi) is 8.99. The maximum absolute atomic E-state index is 11.4. The molecule has 7 heteroatoms. The molecule has 0 amide bonds. The number of likely N-dealkylation sites (N-methyl/N-ethyl adjacent to an activating group) is 1. The predicted octanol–water partition coefficient (Wildman–Crippen LogP) is 0.433. The fourth-order valence-corrected chi connectivity index (χ4v) is 1.15. The van der Waals surface area contributed by atoms with E-state index >= 15 is 0 Å². The monoisotopic (exact) mass is 297 g/mol. The van der Waals surface area contributed by atoms with Gasteiger partial charge in [-0.1, -0.05) is 6.58 Å². The summed E-state index contributed by atoms with van der Waals surface area (Å²) in [4.78, 5) is 35.3. The molecule has 0 saturated heterocycles. The molecule has 0 unspecified atom stereocenters. The Hall–Kier alpha value is -2.57. The summed E-state index contributed by atoms with van der Waals surface area (Å²) in [5.74, 6) is -2.06. The molecule has 0 spiro atoms. The molecular formula is C14H19NO6. The number of ether oxygens (including phenoxy) is 3. The third-order valence-electron chi connectivity index (χ3n) is 2.27. The summed E-state index contributed by atoms with van der Waals surface area (Å²) in [6.07, 6.45) is 5.45. The van der Waals surface area contributed by atoms with E-state index in [9.17, 15) is 14.4 Å². The third kappa shape index (κ3) is 7.56. The molecule has 0 radical (unpaired) electrons. The van der Waals surface area contributed by atoms with Crippen molar-refractivity contribution in [2.24, 2.45) is 0 Å². The number of hydrogen-bond acceptors (Lipinski definition) is 7. The van der Waals surface area contributed by atoms with Crippen molar-refractivity contribution in [3.63, 3.8) is 0 Å². The molecular weight excluding hydrogens is 278 g/mol. The SMILES string of the molecule is C=CC(=O)OCCN(C)C=CC=C(C(=O)OC)C(=O)OC. The number of carbonyl (C=O) groups excluding carboxylic acids is 3. The average molecular weight is 297 g/mol. The van der Waals surface area contributed by atoms with E-state index in [-0.39, 0.29) is 12.2 Å². The van der Waals surface area contributed by atoms with E-state index < -0.39 is 17.9 Å². The predicted molar refractivity (Wildman–Crippen MR) is 75.0 cm³/mol. The minimum atomic E-state index is -0.783. The Labute approximate surface area is 123 Å². The Morgan fingerprint density at radius 2 is 1.71 bits per heavy atom. The average Bonchev–Trinajstić information content (AvgIpc) is 2.49. The highest BCUT2D eigenvalue weighted by atomic mass is 16.5. The van der Waals surface area contributed by atoms with Gasteiger partial charge in [-0.2, -0.15) is 0 Å². The van der Waals surface area contributed by atoms with Gasteiger partial charge in [-0.05, 0) is 18.4 Å². The second-order valence-corrected chi connectivity index (χ2v) is 3.76. The van der Waals surface area contributed by atoms with E-state index in [1.54, 1.807) is 18.1 Å². The molecule has 0 aliphatic heterocycles. The maximum Gasteiger partial charge on any atom is 0.345 e. The minimum absolute atomic E-state index is 0.191. The molecule has 0 aliphatic carbocycles. The fourth-order valence-electron chi connectivity index (χ4n) is 1.15. The van der Waals surface area contributed by atoms with Gasteiger partial charge in [0.05, 0.1) is 20.8 Å². The molecule has 0 atom stereocenters. The molecule has 0 bridgehead atoms. The molecule has 0 heterocycles. The molecule has 116 valence electrons. The quantitative estimate of drug-likeness (QED) is 0.160. The molecule has 7 nitrogen and oxygen atoms in total. The molecule has 0 rings (SSSR count). The molecule has 0 aliphatic rings. The van der Waals surface area contributed by atoms with Gasteiger partial charge in [0, 0.05) is 13.1 Å². The smallest absolute Gasteiger partial charge is 0.345 e. The van der Waals surface area contributed by atoms with E-state index in [1.165, 1.54) is 26.4 Å². The topological polar surface area (TPSA) is 82.1 Å². The first kappa shape index (κ1) is 18.4. The minimum Gasteiger partial charge on any atom is -0.465 e. The van der Waals surface area contributed by atoms with Crippen molar-refractivity contribution in [3.05, 3.63) is 36.6 Å². The number of hydrogen-bond donors (Lipinski definition) is 0. The number of nitrogens with zero attached hydrogens (tertiary/aromatic N) is 1. The first-order chi connectivity index (χ1) is 9.96. The van der Waals surface area contributed by atoms with Crippen LogP contribution in [-0.2, 0) is 28.6 Å². The van der Waals surface area contributed by atoms with Gasteiger partial charge in [-0.15, -0.1) is 0 Å². The van der Waals surface area contributed by atoms with Gasteiger partial charge in [0.15, 0.2) is 0 Å². The van der Waals surface area contributed by atoms with Crippen LogP contribution in [0.2, 0.25) is 0 Å². The van der Waals surface area contributed by atoms with Crippen molar-refractivity contribution >= 4 is 17.9 Å². The van der Waals surface area contributed by atoms with Crippen LogP contribution in [0.25, 0.3) is 0 Å². The van der Waals surface area contributed by atoms with Crippen LogP contribution >= 0.6 is 0 Å². The number of allylic oxidation sites excluding steroid dienone is 2. The first-order valence-corrected chi connectivity index (χ1v) is 6.00. The summed E-state index contributed by atoms with van der Waals surface area (Å²) in [6, 6.07) is 0. The maximum atomic E-state index is 11.4. The van der Waals surface area contributed by atoms with Crippen molar-refractivity contribution in [2.45, 2.75) is 0 Å². The zero-order valence-electron chi connectivity index (χ0n) is 12.3. The lowest BCUT2D eigenvalue weighted by molar-refractivity contribution is -0.144. The molecule has 21 heavy (non-hydrogen) atoms.